The molecule has 0 aromatic heterocycles. The van der Waals surface area contributed by atoms with Gasteiger partial charge in [0.1, 0.15) is 17.6 Å². The molecule has 0 spiro atoms. The molecule has 2 rings (SSSR count). The van der Waals surface area contributed by atoms with Gasteiger partial charge in [-0.2, -0.15) is 0 Å². The van der Waals surface area contributed by atoms with E-state index in [1.807, 2.05) is 31.3 Å². The minimum Gasteiger partial charge on any atom is -0.497 e. The van der Waals surface area contributed by atoms with Crippen LogP contribution in [0.25, 0.3) is 0 Å². The first-order valence-corrected chi connectivity index (χ1v) is 8.20. The summed E-state index contributed by atoms with van der Waals surface area (Å²) < 4.78 is 11.1. The summed E-state index contributed by atoms with van der Waals surface area (Å²) in [6, 6.07) is 7.65. The Kier molecular flexibility index (Phi) is 8.12. The Bertz CT molecular complexity index is 532. The van der Waals surface area contributed by atoms with Crippen LogP contribution in [0.4, 0.5) is 0 Å². The van der Waals surface area contributed by atoms with E-state index in [1.54, 1.807) is 7.11 Å². The molecule has 0 saturated carbocycles. The highest BCUT2D eigenvalue weighted by Gasteiger charge is 2.30. The van der Waals surface area contributed by atoms with Crippen LogP contribution >= 0.6 is 24.0 Å². The predicted molar refractivity (Wildman–Crippen MR) is 110 cm³/mol. The summed E-state index contributed by atoms with van der Waals surface area (Å²) in [5.74, 6) is 2.64. The number of likely N-dealkylation sites (tertiary alicyclic amines) is 1. The highest BCUT2D eigenvalue weighted by Crippen LogP contribution is 2.28. The second kappa shape index (κ2) is 9.34. The third-order valence-corrected chi connectivity index (χ3v) is 4.13. The van der Waals surface area contributed by atoms with Gasteiger partial charge in [-0.1, -0.05) is 13.8 Å². The summed E-state index contributed by atoms with van der Waals surface area (Å²) >= 11 is 0. The fraction of sp³-hybridized carbons (Fsp3) is 0.611. The summed E-state index contributed by atoms with van der Waals surface area (Å²) in [7, 11) is 3.50. The Morgan fingerprint density at radius 1 is 1.29 bits per heavy atom. The molecule has 0 amide bonds. The Morgan fingerprint density at radius 3 is 2.42 bits per heavy atom. The van der Waals surface area contributed by atoms with E-state index in [4.69, 9.17) is 9.47 Å². The average molecular weight is 447 g/mol. The van der Waals surface area contributed by atoms with Crippen LogP contribution in [-0.4, -0.2) is 50.8 Å². The van der Waals surface area contributed by atoms with E-state index in [2.05, 4.69) is 36.0 Å². The van der Waals surface area contributed by atoms with E-state index >= 15 is 0 Å². The molecule has 0 radical (unpaired) electrons. The number of ether oxygens (including phenoxy) is 2. The smallest absolute Gasteiger partial charge is 0.193 e. The molecule has 24 heavy (non-hydrogen) atoms. The van der Waals surface area contributed by atoms with Crippen molar-refractivity contribution in [2.24, 2.45) is 10.4 Å². The highest BCUT2D eigenvalue weighted by molar-refractivity contribution is 14.0. The number of nitrogens with one attached hydrogen (secondary N) is 1. The van der Waals surface area contributed by atoms with Crippen LogP contribution in [0.15, 0.2) is 29.3 Å². The Labute approximate surface area is 162 Å². The minimum atomic E-state index is 0. The van der Waals surface area contributed by atoms with Crippen molar-refractivity contribution < 1.29 is 9.47 Å². The maximum atomic E-state index is 5.92. The number of hydrogen-bond donors (Lipinski definition) is 1. The van der Waals surface area contributed by atoms with E-state index in [0.717, 1.165) is 37.1 Å². The third kappa shape index (κ3) is 6.03. The molecular weight excluding hydrogens is 417 g/mol. The quantitative estimate of drug-likeness (QED) is 0.427. The molecule has 1 N–H and O–H groups in total. The van der Waals surface area contributed by atoms with Gasteiger partial charge in [0.25, 0.3) is 0 Å². The second-order valence-electron chi connectivity index (χ2n) is 6.87. The van der Waals surface area contributed by atoms with Crippen molar-refractivity contribution >= 4 is 29.9 Å². The number of rotatable bonds is 5. The maximum Gasteiger partial charge on any atom is 0.193 e. The highest BCUT2D eigenvalue weighted by atomic mass is 127. The Balaban J connectivity index is 0.00000288. The standard InChI is InChI=1S/C18H29N3O2.HI/c1-14(23-16-8-6-15(22-5)7-9-16)12-20-17(19-4)21-11-10-18(2,3)13-21;/h6-9,14H,10-13H2,1-5H3,(H,19,20);1H. The summed E-state index contributed by atoms with van der Waals surface area (Å²) in [6.07, 6.45) is 1.25. The molecule has 1 aromatic rings. The van der Waals surface area contributed by atoms with Gasteiger partial charge in [0.05, 0.1) is 13.7 Å². The molecule has 6 heteroatoms. The number of hydrogen-bond acceptors (Lipinski definition) is 3. The summed E-state index contributed by atoms with van der Waals surface area (Å²) in [5, 5.41) is 3.42. The second-order valence-corrected chi connectivity index (χ2v) is 6.87. The molecule has 1 aliphatic rings. The van der Waals surface area contributed by atoms with Crippen molar-refractivity contribution in [2.75, 3.05) is 33.8 Å². The van der Waals surface area contributed by atoms with Crippen molar-refractivity contribution in [3.05, 3.63) is 24.3 Å². The van der Waals surface area contributed by atoms with E-state index < -0.39 is 0 Å². The van der Waals surface area contributed by atoms with Crippen LogP contribution in [0.3, 0.4) is 0 Å². The van der Waals surface area contributed by atoms with Crippen molar-refractivity contribution in [3.8, 4) is 11.5 Å². The first-order chi connectivity index (χ1) is 10.9. The van der Waals surface area contributed by atoms with E-state index in [0.29, 0.717) is 5.41 Å². The molecule has 0 aliphatic carbocycles. The number of guanidine groups is 1. The molecule has 1 heterocycles. The lowest BCUT2D eigenvalue weighted by molar-refractivity contribution is 0.222. The van der Waals surface area contributed by atoms with Crippen LogP contribution in [0.5, 0.6) is 11.5 Å². The fourth-order valence-electron chi connectivity index (χ4n) is 2.79. The molecule has 1 atom stereocenters. The van der Waals surface area contributed by atoms with Crippen LogP contribution in [0, 0.1) is 5.41 Å². The van der Waals surface area contributed by atoms with Crippen LogP contribution < -0.4 is 14.8 Å². The number of benzene rings is 1. The van der Waals surface area contributed by atoms with Crippen molar-refractivity contribution in [3.63, 3.8) is 0 Å². The molecule has 5 nitrogen and oxygen atoms in total. The summed E-state index contributed by atoms with van der Waals surface area (Å²) in [6.45, 7) is 9.47. The normalized spacial score (nSPS) is 17.9. The molecule has 1 unspecified atom stereocenters. The first-order valence-electron chi connectivity index (χ1n) is 8.20. The van der Waals surface area contributed by atoms with Gasteiger partial charge in [-0.3, -0.25) is 4.99 Å². The van der Waals surface area contributed by atoms with Gasteiger partial charge < -0.3 is 19.7 Å². The summed E-state index contributed by atoms with van der Waals surface area (Å²) in [5.41, 5.74) is 0.364. The largest absolute Gasteiger partial charge is 0.497 e. The van der Waals surface area contributed by atoms with Crippen molar-refractivity contribution in [1.29, 1.82) is 0 Å². The number of halogens is 1. The average Bonchev–Trinajstić information content (AvgIpc) is 2.88. The van der Waals surface area contributed by atoms with Gasteiger partial charge in [-0.15, -0.1) is 24.0 Å². The first kappa shape index (κ1) is 20.9. The van der Waals surface area contributed by atoms with E-state index in [9.17, 15) is 0 Å². The van der Waals surface area contributed by atoms with Gasteiger partial charge in [0, 0.05) is 20.1 Å². The number of methoxy groups -OCH3 is 1. The lowest BCUT2D eigenvalue weighted by atomic mass is 9.93. The zero-order valence-corrected chi connectivity index (χ0v) is 17.7. The maximum absolute atomic E-state index is 5.92. The predicted octanol–water partition coefficient (Wildman–Crippen LogP) is 3.39. The van der Waals surface area contributed by atoms with Gasteiger partial charge in [-0.05, 0) is 43.0 Å². The minimum absolute atomic E-state index is 0. The molecule has 1 fully saturated rings. The SMILES string of the molecule is CN=C(NCC(C)Oc1ccc(OC)cc1)N1CCC(C)(C)C1.I. The van der Waals surface area contributed by atoms with Crippen LogP contribution in [0.2, 0.25) is 0 Å². The molecular formula is C18H30IN3O2. The van der Waals surface area contributed by atoms with Crippen molar-refractivity contribution in [1.82, 2.24) is 10.2 Å². The third-order valence-electron chi connectivity index (χ3n) is 4.13. The number of nitrogens with zero attached hydrogens (tertiary/aromatic N) is 2. The van der Waals surface area contributed by atoms with Crippen LogP contribution in [-0.2, 0) is 0 Å². The molecule has 1 saturated heterocycles. The molecule has 136 valence electrons. The monoisotopic (exact) mass is 447 g/mol. The fourth-order valence-corrected chi connectivity index (χ4v) is 2.79. The number of aliphatic imine (C=N–C) groups is 1. The summed E-state index contributed by atoms with van der Waals surface area (Å²) in [4.78, 5) is 6.72. The van der Waals surface area contributed by atoms with E-state index in [-0.39, 0.29) is 30.1 Å². The van der Waals surface area contributed by atoms with Crippen molar-refractivity contribution in [2.45, 2.75) is 33.3 Å². The van der Waals surface area contributed by atoms with Gasteiger partial charge >= 0.3 is 0 Å². The van der Waals surface area contributed by atoms with Crippen LogP contribution in [0.1, 0.15) is 27.2 Å². The van der Waals surface area contributed by atoms with Gasteiger partial charge in [0.2, 0.25) is 0 Å². The topological polar surface area (TPSA) is 46.1 Å². The molecule has 0 bridgehead atoms. The Hall–Kier alpha value is -1.18. The van der Waals surface area contributed by atoms with Gasteiger partial charge in [0.15, 0.2) is 5.96 Å². The van der Waals surface area contributed by atoms with E-state index in [1.165, 1.54) is 6.42 Å². The zero-order chi connectivity index (χ0) is 16.9. The Morgan fingerprint density at radius 2 is 1.92 bits per heavy atom. The zero-order valence-electron chi connectivity index (χ0n) is 15.3. The molecule has 1 aliphatic heterocycles. The lowest BCUT2D eigenvalue weighted by Crippen LogP contribution is -2.44. The lowest BCUT2D eigenvalue weighted by Gasteiger charge is -2.25. The van der Waals surface area contributed by atoms with Gasteiger partial charge in [-0.25, -0.2) is 0 Å². The molecule has 1 aromatic carbocycles.